The zero-order chi connectivity index (χ0) is 21.3. The summed E-state index contributed by atoms with van der Waals surface area (Å²) >= 11 is 5.84. The Morgan fingerprint density at radius 1 is 1.10 bits per heavy atom. The van der Waals surface area contributed by atoms with Gasteiger partial charge in [0.2, 0.25) is 11.3 Å². The van der Waals surface area contributed by atoms with Crippen LogP contribution >= 0.6 is 11.6 Å². The van der Waals surface area contributed by atoms with E-state index in [1.165, 1.54) is 42.5 Å². The summed E-state index contributed by atoms with van der Waals surface area (Å²) in [4.78, 5) is 19.8. The summed E-state index contributed by atoms with van der Waals surface area (Å²) in [6.07, 6.45) is 0. The first-order valence-electron chi connectivity index (χ1n) is 8.30. The second kappa shape index (κ2) is 7.72. The second-order valence-electron chi connectivity index (χ2n) is 5.95. The van der Waals surface area contributed by atoms with Gasteiger partial charge in [0, 0.05) is 11.3 Å². The first kappa shape index (κ1) is 19.2. The van der Waals surface area contributed by atoms with Gasteiger partial charge in [-0.2, -0.15) is 5.10 Å². The number of anilines is 2. The molecule has 0 aliphatic heterocycles. The van der Waals surface area contributed by atoms with Crippen LogP contribution in [-0.2, 0) is 0 Å². The number of halogens is 2. The van der Waals surface area contributed by atoms with Crippen LogP contribution in [0.4, 0.5) is 15.9 Å². The summed E-state index contributed by atoms with van der Waals surface area (Å²) in [5.41, 5.74) is 1.60. The number of aromatic nitrogens is 4. The van der Waals surface area contributed by atoms with Crippen LogP contribution in [0.15, 0.2) is 52.2 Å². The highest BCUT2D eigenvalue weighted by molar-refractivity contribution is 6.31. The van der Waals surface area contributed by atoms with Crippen LogP contribution in [0.5, 0.6) is 0 Å². The smallest absolute Gasteiger partial charge is 0.335 e. The maximum absolute atomic E-state index is 13.5. The van der Waals surface area contributed by atoms with Gasteiger partial charge in [0.05, 0.1) is 10.6 Å². The van der Waals surface area contributed by atoms with Gasteiger partial charge in [0.1, 0.15) is 17.2 Å². The van der Waals surface area contributed by atoms with Crippen LogP contribution in [0.25, 0.3) is 11.3 Å². The fourth-order valence-electron chi connectivity index (χ4n) is 2.64. The number of nitrogens with zero attached hydrogens (tertiary/aromatic N) is 5. The average Bonchev–Trinajstić information content (AvgIpc) is 3.19. The van der Waals surface area contributed by atoms with Crippen molar-refractivity contribution in [3.63, 3.8) is 0 Å². The average molecular weight is 428 g/mol. The Morgan fingerprint density at radius 2 is 1.77 bits per heavy atom. The Balaban J connectivity index is 1.82. The number of nitrogens with one attached hydrogen (secondary N) is 1. The summed E-state index contributed by atoms with van der Waals surface area (Å²) in [6, 6.07) is 9.88. The molecule has 0 saturated heterocycles. The van der Waals surface area contributed by atoms with Gasteiger partial charge in [0.15, 0.2) is 5.82 Å². The minimum Gasteiger partial charge on any atom is -0.478 e. The van der Waals surface area contributed by atoms with Gasteiger partial charge >= 0.3 is 5.97 Å². The molecule has 2 heterocycles. The van der Waals surface area contributed by atoms with Crippen molar-refractivity contribution >= 4 is 46.1 Å². The molecule has 2 aromatic carbocycles. The van der Waals surface area contributed by atoms with Gasteiger partial charge in [-0.25, -0.2) is 23.8 Å². The summed E-state index contributed by atoms with van der Waals surface area (Å²) in [6.45, 7) is 0. The van der Waals surface area contributed by atoms with E-state index in [4.69, 9.17) is 22.6 Å². The van der Waals surface area contributed by atoms with Crippen molar-refractivity contribution in [1.29, 1.82) is 0 Å². The minimum atomic E-state index is -1.07. The summed E-state index contributed by atoms with van der Waals surface area (Å²) in [7, 11) is 0. The minimum absolute atomic E-state index is 0.0873. The number of hydrogen-bond donors (Lipinski definition) is 3. The second-order valence-corrected chi connectivity index (χ2v) is 6.35. The van der Waals surface area contributed by atoms with E-state index >= 15 is 0 Å². The Labute approximate surface area is 172 Å². The topological polar surface area (TPSA) is 152 Å². The van der Waals surface area contributed by atoms with E-state index in [0.717, 1.165) is 0 Å². The van der Waals surface area contributed by atoms with Crippen LogP contribution in [0.1, 0.15) is 21.6 Å². The van der Waals surface area contributed by atoms with Crippen molar-refractivity contribution in [3.8, 4) is 0 Å². The third-order valence-electron chi connectivity index (χ3n) is 4.06. The molecule has 0 saturated carbocycles. The number of nitrogens with two attached hydrogens (primary N) is 1. The van der Waals surface area contributed by atoms with Gasteiger partial charge in [-0.05, 0) is 40.6 Å². The molecular formula is C18H11ClFN7O3. The SMILES string of the molecule is N/N=C(\c1ccc(C(=O)O)cc1)c1nc2nonc2nc1Nc1ccc(F)c(Cl)c1. The summed E-state index contributed by atoms with van der Waals surface area (Å²) in [5.74, 6) is 4.13. The van der Waals surface area contributed by atoms with Crippen LogP contribution < -0.4 is 11.2 Å². The molecule has 0 aliphatic rings. The standard InChI is InChI=1S/C18H11ClFN7O3/c19-11-7-10(5-6-12(11)20)22-15-14(23-16-17(24-15)27-30-26-16)13(25-21)8-1-3-9(4-2-8)18(28)29/h1-7H,21H2,(H,28,29)(H,22,24,27)/b25-13+. The summed E-state index contributed by atoms with van der Waals surface area (Å²) < 4.78 is 18.1. The Morgan fingerprint density at radius 3 is 2.40 bits per heavy atom. The number of hydrazone groups is 1. The zero-order valence-corrected chi connectivity index (χ0v) is 15.6. The highest BCUT2D eigenvalue weighted by Gasteiger charge is 2.20. The Hall–Kier alpha value is -4.12. The van der Waals surface area contributed by atoms with Crippen LogP contribution in [0.3, 0.4) is 0 Å². The van der Waals surface area contributed by atoms with Gasteiger partial charge in [-0.15, -0.1) is 0 Å². The number of rotatable bonds is 5. The molecule has 0 spiro atoms. The van der Waals surface area contributed by atoms with Crippen LogP contribution in [0, 0.1) is 5.82 Å². The molecule has 0 bridgehead atoms. The molecule has 0 aliphatic carbocycles. The molecule has 10 nitrogen and oxygen atoms in total. The molecule has 0 amide bonds. The number of hydrogen-bond acceptors (Lipinski definition) is 9. The van der Waals surface area contributed by atoms with E-state index in [1.807, 2.05) is 0 Å². The lowest BCUT2D eigenvalue weighted by molar-refractivity contribution is 0.0697. The third-order valence-corrected chi connectivity index (χ3v) is 4.34. The third kappa shape index (κ3) is 3.61. The van der Waals surface area contributed by atoms with Gasteiger partial charge in [-0.1, -0.05) is 23.7 Å². The Kier molecular flexibility index (Phi) is 4.94. The van der Waals surface area contributed by atoms with Gasteiger partial charge in [-0.3, -0.25) is 0 Å². The predicted molar refractivity (Wildman–Crippen MR) is 105 cm³/mol. The maximum Gasteiger partial charge on any atom is 0.335 e. The summed E-state index contributed by atoms with van der Waals surface area (Å²) in [5, 5.41) is 23.1. The number of carboxylic acids is 1. The van der Waals surface area contributed by atoms with E-state index in [2.05, 4.69) is 35.3 Å². The highest BCUT2D eigenvalue weighted by atomic mass is 35.5. The number of fused-ring (bicyclic) bond motifs is 1. The molecule has 0 unspecified atom stereocenters. The van der Waals surface area contributed by atoms with Crippen LogP contribution in [0.2, 0.25) is 5.02 Å². The molecule has 12 heteroatoms. The fraction of sp³-hybridized carbons (Fsp3) is 0. The number of carboxylic acid groups (broad SMARTS) is 1. The molecule has 30 heavy (non-hydrogen) atoms. The number of carbonyl (C=O) groups is 1. The lowest BCUT2D eigenvalue weighted by Gasteiger charge is -2.12. The van der Waals surface area contributed by atoms with Crippen molar-refractivity contribution in [2.24, 2.45) is 10.9 Å². The van der Waals surface area contributed by atoms with Crippen molar-refractivity contribution in [2.75, 3.05) is 5.32 Å². The van der Waals surface area contributed by atoms with E-state index < -0.39 is 11.8 Å². The zero-order valence-electron chi connectivity index (χ0n) is 14.9. The van der Waals surface area contributed by atoms with Crippen molar-refractivity contribution in [3.05, 3.63) is 70.1 Å². The van der Waals surface area contributed by atoms with Gasteiger partial charge in [0.25, 0.3) is 0 Å². The monoisotopic (exact) mass is 427 g/mol. The maximum atomic E-state index is 13.5. The van der Waals surface area contributed by atoms with Crippen molar-refractivity contribution < 1.29 is 18.9 Å². The lowest BCUT2D eigenvalue weighted by Crippen LogP contribution is -2.13. The predicted octanol–water partition coefficient (Wildman–Crippen LogP) is 2.96. The largest absolute Gasteiger partial charge is 0.478 e. The molecule has 4 rings (SSSR count). The molecule has 0 radical (unpaired) electrons. The molecule has 0 atom stereocenters. The van der Waals surface area contributed by atoms with Gasteiger partial charge < -0.3 is 16.3 Å². The fourth-order valence-corrected chi connectivity index (χ4v) is 2.82. The van der Waals surface area contributed by atoms with Crippen molar-refractivity contribution in [2.45, 2.75) is 0 Å². The molecule has 4 N–H and O–H groups in total. The van der Waals surface area contributed by atoms with E-state index in [0.29, 0.717) is 11.3 Å². The first-order valence-corrected chi connectivity index (χ1v) is 8.68. The molecule has 150 valence electrons. The number of benzene rings is 2. The molecule has 0 fully saturated rings. The van der Waals surface area contributed by atoms with E-state index in [9.17, 15) is 9.18 Å². The van der Waals surface area contributed by atoms with Crippen LogP contribution in [-0.4, -0.2) is 37.1 Å². The molecule has 4 aromatic rings. The normalized spacial score (nSPS) is 11.6. The quantitative estimate of drug-likeness (QED) is 0.248. The number of aromatic carboxylic acids is 1. The van der Waals surface area contributed by atoms with E-state index in [-0.39, 0.29) is 39.1 Å². The highest BCUT2D eigenvalue weighted by Crippen LogP contribution is 2.26. The molecular weight excluding hydrogens is 417 g/mol. The molecule has 2 aromatic heterocycles. The first-order chi connectivity index (χ1) is 14.5. The Bertz CT molecular complexity index is 1290. The van der Waals surface area contributed by atoms with Crippen molar-refractivity contribution in [1.82, 2.24) is 20.3 Å². The lowest BCUT2D eigenvalue weighted by atomic mass is 10.0. The van der Waals surface area contributed by atoms with E-state index in [1.54, 1.807) is 0 Å².